The van der Waals surface area contributed by atoms with Crippen LogP contribution in [-0.2, 0) is 19.3 Å². The number of aliphatic hydroxyl groups is 1. The van der Waals surface area contributed by atoms with E-state index in [4.69, 9.17) is 9.97 Å². The predicted molar refractivity (Wildman–Crippen MR) is 148 cm³/mol. The first-order chi connectivity index (χ1) is 18.6. The van der Waals surface area contributed by atoms with E-state index < -0.39 is 6.10 Å². The number of nitrogens with zero attached hydrogens (tertiary/aromatic N) is 6. The summed E-state index contributed by atoms with van der Waals surface area (Å²) in [6.45, 7) is 7.98. The number of hydrogen-bond acceptors (Lipinski definition) is 6. The van der Waals surface area contributed by atoms with Gasteiger partial charge in [0.15, 0.2) is 5.65 Å². The molecule has 2 unspecified atom stereocenters. The average Bonchev–Trinajstić information content (AvgIpc) is 3.67. The number of H-pyrrole nitrogens is 1. The van der Waals surface area contributed by atoms with Crippen LogP contribution in [-0.4, -0.2) is 46.4 Å². The summed E-state index contributed by atoms with van der Waals surface area (Å²) in [6.07, 6.45) is 5.11. The Labute approximate surface area is 221 Å². The number of aromatic amines is 1. The van der Waals surface area contributed by atoms with Crippen molar-refractivity contribution in [2.75, 3.05) is 0 Å². The van der Waals surface area contributed by atoms with Crippen molar-refractivity contribution in [3.8, 4) is 22.5 Å². The monoisotopic (exact) mass is 505 g/mol. The first kappa shape index (κ1) is 24.2. The van der Waals surface area contributed by atoms with E-state index in [2.05, 4.69) is 75.9 Å². The summed E-state index contributed by atoms with van der Waals surface area (Å²) in [5, 5.41) is 25.1. The molecule has 0 fully saturated rings. The van der Waals surface area contributed by atoms with E-state index in [1.807, 2.05) is 18.2 Å². The summed E-state index contributed by atoms with van der Waals surface area (Å²) < 4.78 is 2.34. The molecule has 38 heavy (non-hydrogen) atoms. The molecule has 2 atom stereocenters. The van der Waals surface area contributed by atoms with Crippen LogP contribution in [0.15, 0.2) is 61.2 Å². The van der Waals surface area contributed by atoms with Crippen molar-refractivity contribution in [3.63, 3.8) is 0 Å². The summed E-state index contributed by atoms with van der Waals surface area (Å²) >= 11 is 0. The molecule has 5 aromatic rings. The fraction of sp³-hybridized carbons (Fsp3) is 0.300. The Morgan fingerprint density at radius 3 is 2.76 bits per heavy atom. The molecule has 0 spiro atoms. The summed E-state index contributed by atoms with van der Waals surface area (Å²) in [5.41, 5.74) is 9.68. The van der Waals surface area contributed by atoms with E-state index in [9.17, 15) is 5.11 Å². The molecular weight excluding hydrogens is 474 g/mol. The second-order valence-corrected chi connectivity index (χ2v) is 9.99. The zero-order chi connectivity index (χ0) is 26.2. The highest BCUT2D eigenvalue weighted by molar-refractivity contribution is 5.81. The van der Waals surface area contributed by atoms with Gasteiger partial charge >= 0.3 is 0 Å². The third-order valence-corrected chi connectivity index (χ3v) is 7.49. The van der Waals surface area contributed by atoms with Crippen LogP contribution in [0.1, 0.15) is 54.0 Å². The number of hydrogen-bond donors (Lipinski definition) is 2. The number of aryl methyl sites for hydroxylation is 3. The standard InChI is InChI=1S/C30H31N7O/c1-4-8-22(38)17-21-15-18(3)28-30(31-21)37(27(5-2)32-28)26-14-12-20-16-19(11-13-24(20)26)23-9-6-7-10-25(23)29-33-35-36-34-29/h4,6-7,9-11,13,15-16,22,26,38H,1,5,8,12,14,17H2,2-3H3,(H,33,34,35,36). The predicted octanol–water partition coefficient (Wildman–Crippen LogP) is 5.16. The lowest BCUT2D eigenvalue weighted by atomic mass is 9.96. The van der Waals surface area contributed by atoms with Gasteiger partial charge in [0, 0.05) is 24.1 Å². The Kier molecular flexibility index (Phi) is 6.33. The van der Waals surface area contributed by atoms with Gasteiger partial charge < -0.3 is 9.67 Å². The lowest BCUT2D eigenvalue weighted by Gasteiger charge is -2.18. The molecule has 2 aromatic carbocycles. The van der Waals surface area contributed by atoms with Gasteiger partial charge in [0.2, 0.25) is 5.82 Å². The number of aliphatic hydroxyl groups excluding tert-OH is 1. The third kappa shape index (κ3) is 4.20. The highest BCUT2D eigenvalue weighted by Crippen LogP contribution is 2.40. The maximum Gasteiger partial charge on any atom is 0.205 e. The van der Waals surface area contributed by atoms with Crippen LogP contribution < -0.4 is 0 Å². The highest BCUT2D eigenvalue weighted by atomic mass is 16.3. The molecule has 0 amide bonds. The van der Waals surface area contributed by atoms with E-state index in [0.29, 0.717) is 18.7 Å². The minimum atomic E-state index is -0.486. The second-order valence-electron chi connectivity index (χ2n) is 9.99. The topological polar surface area (TPSA) is 105 Å². The first-order valence-electron chi connectivity index (χ1n) is 13.2. The van der Waals surface area contributed by atoms with Gasteiger partial charge in [0.1, 0.15) is 11.3 Å². The normalized spacial score (nSPS) is 15.6. The van der Waals surface area contributed by atoms with Gasteiger partial charge in [0.25, 0.3) is 0 Å². The third-order valence-electron chi connectivity index (χ3n) is 7.49. The van der Waals surface area contributed by atoms with Gasteiger partial charge in [-0.2, -0.15) is 5.21 Å². The molecule has 3 aromatic heterocycles. The van der Waals surface area contributed by atoms with Gasteiger partial charge in [-0.05, 0) is 65.3 Å². The molecule has 3 heterocycles. The van der Waals surface area contributed by atoms with E-state index in [1.54, 1.807) is 6.08 Å². The van der Waals surface area contributed by atoms with Crippen molar-refractivity contribution in [2.45, 2.75) is 58.1 Å². The van der Waals surface area contributed by atoms with Gasteiger partial charge in [-0.3, -0.25) is 0 Å². The molecule has 0 saturated carbocycles. The molecule has 1 aliphatic carbocycles. The molecule has 0 bridgehead atoms. The van der Waals surface area contributed by atoms with Gasteiger partial charge in [-0.1, -0.05) is 55.5 Å². The van der Waals surface area contributed by atoms with E-state index >= 15 is 0 Å². The molecule has 0 saturated heterocycles. The maximum absolute atomic E-state index is 10.4. The Morgan fingerprint density at radius 2 is 2.00 bits per heavy atom. The van der Waals surface area contributed by atoms with Crippen molar-refractivity contribution in [1.29, 1.82) is 0 Å². The second kappa shape index (κ2) is 9.95. The van der Waals surface area contributed by atoms with Crippen LogP contribution in [0.3, 0.4) is 0 Å². The lowest BCUT2D eigenvalue weighted by molar-refractivity contribution is 0.177. The van der Waals surface area contributed by atoms with Gasteiger partial charge in [0.05, 0.1) is 12.1 Å². The lowest BCUT2D eigenvalue weighted by Crippen LogP contribution is -2.13. The van der Waals surface area contributed by atoms with Gasteiger partial charge in [-0.15, -0.1) is 16.8 Å². The molecule has 2 N–H and O–H groups in total. The summed E-state index contributed by atoms with van der Waals surface area (Å²) in [5.74, 6) is 1.63. The van der Waals surface area contributed by atoms with Crippen molar-refractivity contribution in [2.24, 2.45) is 0 Å². The van der Waals surface area contributed by atoms with Gasteiger partial charge in [-0.25, -0.2) is 9.97 Å². The molecule has 6 rings (SSSR count). The number of rotatable bonds is 8. The largest absolute Gasteiger partial charge is 0.392 e. The number of imidazole rings is 1. The number of aromatic nitrogens is 7. The fourth-order valence-corrected chi connectivity index (χ4v) is 5.76. The molecule has 8 nitrogen and oxygen atoms in total. The molecule has 1 aliphatic rings. The van der Waals surface area contributed by atoms with Crippen molar-refractivity contribution in [1.82, 2.24) is 35.2 Å². The minimum Gasteiger partial charge on any atom is -0.392 e. The number of tetrazole rings is 1. The average molecular weight is 506 g/mol. The fourth-order valence-electron chi connectivity index (χ4n) is 5.76. The van der Waals surface area contributed by atoms with Crippen LogP contribution in [0.25, 0.3) is 33.7 Å². The van der Waals surface area contributed by atoms with Crippen molar-refractivity contribution in [3.05, 3.63) is 89.4 Å². The molecule has 0 aliphatic heterocycles. The molecule has 192 valence electrons. The first-order valence-corrected chi connectivity index (χ1v) is 13.2. The van der Waals surface area contributed by atoms with Crippen LogP contribution in [0.4, 0.5) is 0 Å². The Balaban J connectivity index is 1.41. The molecular formula is C30H31N7O. The van der Waals surface area contributed by atoms with Crippen LogP contribution in [0.2, 0.25) is 0 Å². The van der Waals surface area contributed by atoms with Crippen LogP contribution >= 0.6 is 0 Å². The number of pyridine rings is 1. The smallest absolute Gasteiger partial charge is 0.205 e. The Bertz CT molecular complexity index is 1620. The number of fused-ring (bicyclic) bond motifs is 2. The van der Waals surface area contributed by atoms with E-state index in [1.165, 1.54) is 11.1 Å². The van der Waals surface area contributed by atoms with Crippen LogP contribution in [0.5, 0.6) is 0 Å². The SMILES string of the molecule is C=CCC(O)Cc1cc(C)c2nc(CC)n(C3CCc4cc(-c5ccccc5-c5nn[nH]n5)ccc43)c2n1. The molecule has 8 heteroatoms. The number of nitrogens with one attached hydrogen (secondary N) is 1. The zero-order valence-corrected chi connectivity index (χ0v) is 21.7. The summed E-state index contributed by atoms with van der Waals surface area (Å²) in [4.78, 5) is 10.0. The minimum absolute atomic E-state index is 0.173. The quantitative estimate of drug-likeness (QED) is 0.282. The number of benzene rings is 2. The van der Waals surface area contributed by atoms with Crippen LogP contribution in [0, 0.1) is 6.92 Å². The summed E-state index contributed by atoms with van der Waals surface area (Å²) in [7, 11) is 0. The van der Waals surface area contributed by atoms with E-state index in [0.717, 1.165) is 64.2 Å². The van der Waals surface area contributed by atoms with E-state index in [-0.39, 0.29) is 6.04 Å². The summed E-state index contributed by atoms with van der Waals surface area (Å²) in [6, 6.07) is 17.1. The highest BCUT2D eigenvalue weighted by Gasteiger charge is 2.29. The Hall–Kier alpha value is -4.17. The van der Waals surface area contributed by atoms with Crippen molar-refractivity contribution < 1.29 is 5.11 Å². The maximum atomic E-state index is 10.4. The zero-order valence-electron chi connectivity index (χ0n) is 21.7. The Morgan fingerprint density at radius 1 is 1.16 bits per heavy atom. The van der Waals surface area contributed by atoms with Crippen molar-refractivity contribution >= 4 is 11.2 Å². The molecule has 0 radical (unpaired) electrons.